The van der Waals surface area contributed by atoms with E-state index in [1.807, 2.05) is 0 Å². The van der Waals surface area contributed by atoms with E-state index in [4.69, 9.17) is 0 Å². The fourth-order valence-electron chi connectivity index (χ4n) is 2.30. The van der Waals surface area contributed by atoms with Crippen molar-refractivity contribution in [3.63, 3.8) is 0 Å². The van der Waals surface area contributed by atoms with Gasteiger partial charge in [0, 0.05) is 12.6 Å². The maximum absolute atomic E-state index is 11.7. The second-order valence-corrected chi connectivity index (χ2v) is 4.56. The molecule has 0 saturated heterocycles. The first-order valence-electron chi connectivity index (χ1n) is 6.08. The fraction of sp³-hybridized carbons (Fsp3) is 0.667. The summed E-state index contributed by atoms with van der Waals surface area (Å²) in [5.41, 5.74) is 0.956. The molecular weight excluding hydrogens is 202 g/mol. The van der Waals surface area contributed by atoms with Crippen LogP contribution in [0.1, 0.15) is 44.2 Å². The lowest BCUT2D eigenvalue weighted by molar-refractivity contribution is -0.122. The van der Waals surface area contributed by atoms with Gasteiger partial charge in [-0.3, -0.25) is 4.79 Å². The van der Waals surface area contributed by atoms with E-state index in [1.165, 1.54) is 32.1 Å². The third kappa shape index (κ3) is 3.36. The molecule has 1 aromatic rings. The third-order valence-corrected chi connectivity index (χ3v) is 3.23. The Morgan fingerprint density at radius 3 is 2.94 bits per heavy atom. The van der Waals surface area contributed by atoms with Crippen LogP contribution in [0.5, 0.6) is 0 Å². The van der Waals surface area contributed by atoms with Crippen molar-refractivity contribution in [3.05, 3.63) is 18.2 Å². The summed E-state index contributed by atoms with van der Waals surface area (Å²) in [7, 11) is 0. The summed E-state index contributed by atoms with van der Waals surface area (Å²) in [5, 5.41) is 2.92. The van der Waals surface area contributed by atoms with E-state index < -0.39 is 0 Å². The van der Waals surface area contributed by atoms with Gasteiger partial charge in [-0.25, -0.2) is 4.98 Å². The molecule has 0 unspecified atom stereocenters. The van der Waals surface area contributed by atoms with E-state index in [1.54, 1.807) is 12.5 Å². The Hall–Kier alpha value is -1.32. The molecular formula is C12H19N3O. The monoisotopic (exact) mass is 221 g/mol. The Morgan fingerprint density at radius 2 is 2.25 bits per heavy atom. The number of hydrogen-bond donors (Lipinski definition) is 2. The number of nitrogens with zero attached hydrogens (tertiary/aromatic N) is 1. The standard InChI is InChI=1S/C12H19N3O/c16-12(6-10-4-2-1-3-5-10)14-8-11-7-13-9-15-11/h7,9-10H,1-6,8H2,(H,13,15)(H,14,16). The van der Waals surface area contributed by atoms with Gasteiger partial charge in [0.25, 0.3) is 0 Å². The lowest BCUT2D eigenvalue weighted by Crippen LogP contribution is -2.26. The summed E-state index contributed by atoms with van der Waals surface area (Å²) in [6, 6.07) is 0. The number of aromatic nitrogens is 2. The number of H-pyrrole nitrogens is 1. The van der Waals surface area contributed by atoms with Crippen molar-refractivity contribution in [2.75, 3.05) is 0 Å². The van der Waals surface area contributed by atoms with E-state index in [2.05, 4.69) is 15.3 Å². The number of aromatic amines is 1. The summed E-state index contributed by atoms with van der Waals surface area (Å²) < 4.78 is 0. The minimum Gasteiger partial charge on any atom is -0.350 e. The highest BCUT2D eigenvalue weighted by atomic mass is 16.1. The van der Waals surface area contributed by atoms with Gasteiger partial charge in [-0.1, -0.05) is 19.3 Å². The predicted molar refractivity (Wildman–Crippen MR) is 61.6 cm³/mol. The molecule has 4 heteroatoms. The molecule has 0 bridgehead atoms. The first-order chi connectivity index (χ1) is 7.84. The van der Waals surface area contributed by atoms with Crippen LogP contribution < -0.4 is 5.32 Å². The first kappa shape index (κ1) is 11.2. The van der Waals surface area contributed by atoms with E-state index in [0.717, 1.165) is 5.69 Å². The predicted octanol–water partition coefficient (Wildman–Crippen LogP) is 2.00. The highest BCUT2D eigenvalue weighted by Crippen LogP contribution is 2.25. The van der Waals surface area contributed by atoms with Gasteiger partial charge in [-0.15, -0.1) is 0 Å². The fourth-order valence-corrected chi connectivity index (χ4v) is 2.30. The average Bonchev–Trinajstić information content (AvgIpc) is 2.81. The van der Waals surface area contributed by atoms with E-state index >= 15 is 0 Å². The van der Waals surface area contributed by atoms with Crippen LogP contribution >= 0.6 is 0 Å². The molecule has 0 aromatic carbocycles. The number of carbonyl (C=O) groups is 1. The summed E-state index contributed by atoms with van der Waals surface area (Å²) in [6.45, 7) is 0.561. The molecule has 1 aliphatic carbocycles. The Labute approximate surface area is 95.9 Å². The molecule has 0 aliphatic heterocycles. The number of nitrogens with one attached hydrogen (secondary N) is 2. The highest BCUT2D eigenvalue weighted by Gasteiger charge is 2.16. The highest BCUT2D eigenvalue weighted by molar-refractivity contribution is 5.76. The molecule has 0 radical (unpaired) electrons. The van der Waals surface area contributed by atoms with Crippen LogP contribution in [0, 0.1) is 5.92 Å². The maximum atomic E-state index is 11.7. The van der Waals surface area contributed by atoms with Gasteiger partial charge in [0.05, 0.1) is 18.6 Å². The van der Waals surface area contributed by atoms with Crippen LogP contribution in [-0.2, 0) is 11.3 Å². The third-order valence-electron chi connectivity index (χ3n) is 3.23. The molecule has 1 fully saturated rings. The number of carbonyl (C=O) groups excluding carboxylic acids is 1. The maximum Gasteiger partial charge on any atom is 0.220 e. The van der Waals surface area contributed by atoms with Crippen molar-refractivity contribution in [2.45, 2.75) is 45.1 Å². The summed E-state index contributed by atoms with van der Waals surface area (Å²) in [6.07, 6.45) is 10.4. The van der Waals surface area contributed by atoms with Crippen molar-refractivity contribution in [1.29, 1.82) is 0 Å². The zero-order valence-electron chi connectivity index (χ0n) is 9.54. The van der Waals surface area contributed by atoms with Gasteiger partial charge in [-0.05, 0) is 18.8 Å². The molecule has 1 heterocycles. The van der Waals surface area contributed by atoms with Gasteiger partial charge in [-0.2, -0.15) is 0 Å². The minimum atomic E-state index is 0.168. The van der Waals surface area contributed by atoms with Gasteiger partial charge < -0.3 is 10.3 Å². The average molecular weight is 221 g/mol. The summed E-state index contributed by atoms with van der Waals surface area (Å²) >= 11 is 0. The van der Waals surface area contributed by atoms with Gasteiger partial charge >= 0.3 is 0 Å². The second-order valence-electron chi connectivity index (χ2n) is 4.56. The second kappa shape index (κ2) is 5.68. The Bertz CT molecular complexity index is 315. The Morgan fingerprint density at radius 1 is 1.44 bits per heavy atom. The molecule has 2 rings (SSSR count). The normalized spacial score (nSPS) is 17.2. The molecule has 1 aromatic heterocycles. The number of hydrogen-bond acceptors (Lipinski definition) is 2. The molecule has 0 atom stereocenters. The number of imidazole rings is 1. The molecule has 4 nitrogen and oxygen atoms in total. The van der Waals surface area contributed by atoms with Crippen molar-refractivity contribution in [2.24, 2.45) is 5.92 Å². The molecule has 16 heavy (non-hydrogen) atoms. The molecule has 1 saturated carbocycles. The van der Waals surface area contributed by atoms with Crippen LogP contribution in [-0.4, -0.2) is 15.9 Å². The Balaban J connectivity index is 1.67. The van der Waals surface area contributed by atoms with Crippen LogP contribution in [0.3, 0.4) is 0 Å². The van der Waals surface area contributed by atoms with Gasteiger partial charge in [0.1, 0.15) is 0 Å². The number of rotatable bonds is 4. The van der Waals surface area contributed by atoms with Crippen LogP contribution in [0.15, 0.2) is 12.5 Å². The van der Waals surface area contributed by atoms with Crippen LogP contribution in [0.25, 0.3) is 0 Å². The van der Waals surface area contributed by atoms with Crippen molar-refractivity contribution in [1.82, 2.24) is 15.3 Å². The molecule has 1 amide bonds. The van der Waals surface area contributed by atoms with E-state index in [9.17, 15) is 4.79 Å². The largest absolute Gasteiger partial charge is 0.350 e. The smallest absolute Gasteiger partial charge is 0.220 e. The number of amides is 1. The summed E-state index contributed by atoms with van der Waals surface area (Å²) in [4.78, 5) is 18.5. The van der Waals surface area contributed by atoms with Crippen molar-refractivity contribution < 1.29 is 4.79 Å². The zero-order chi connectivity index (χ0) is 11.2. The van der Waals surface area contributed by atoms with Crippen LogP contribution in [0.4, 0.5) is 0 Å². The molecule has 88 valence electrons. The molecule has 1 aliphatic rings. The van der Waals surface area contributed by atoms with Crippen LogP contribution in [0.2, 0.25) is 0 Å². The topological polar surface area (TPSA) is 57.8 Å². The molecule has 0 spiro atoms. The first-order valence-corrected chi connectivity index (χ1v) is 6.08. The summed E-state index contributed by atoms with van der Waals surface area (Å²) in [5.74, 6) is 0.775. The van der Waals surface area contributed by atoms with Crippen molar-refractivity contribution >= 4 is 5.91 Å². The quantitative estimate of drug-likeness (QED) is 0.817. The lowest BCUT2D eigenvalue weighted by atomic mass is 9.87. The van der Waals surface area contributed by atoms with E-state index in [-0.39, 0.29) is 5.91 Å². The Kier molecular flexibility index (Phi) is 3.97. The zero-order valence-corrected chi connectivity index (χ0v) is 9.54. The minimum absolute atomic E-state index is 0.168. The van der Waals surface area contributed by atoms with Crippen molar-refractivity contribution in [3.8, 4) is 0 Å². The molecule has 2 N–H and O–H groups in total. The lowest BCUT2D eigenvalue weighted by Gasteiger charge is -2.20. The SMILES string of the molecule is O=C(CC1CCCCC1)NCc1cnc[nH]1. The van der Waals surface area contributed by atoms with E-state index in [0.29, 0.717) is 18.9 Å². The van der Waals surface area contributed by atoms with Gasteiger partial charge in [0.15, 0.2) is 0 Å². The van der Waals surface area contributed by atoms with Gasteiger partial charge in [0.2, 0.25) is 5.91 Å².